The van der Waals surface area contributed by atoms with E-state index < -0.39 is 0 Å². The van der Waals surface area contributed by atoms with Crippen molar-refractivity contribution in [1.82, 2.24) is 10.2 Å². The van der Waals surface area contributed by atoms with Gasteiger partial charge in [0.05, 0.1) is 6.04 Å². The van der Waals surface area contributed by atoms with Crippen LogP contribution in [-0.4, -0.2) is 23.4 Å². The van der Waals surface area contributed by atoms with Gasteiger partial charge in [-0.2, -0.15) is 0 Å². The zero-order valence-electron chi connectivity index (χ0n) is 12.7. The molecule has 3 nitrogen and oxygen atoms in total. The van der Waals surface area contributed by atoms with Crippen LogP contribution in [0, 0.1) is 17.8 Å². The molecule has 0 aromatic heterocycles. The third kappa shape index (κ3) is 2.59. The fourth-order valence-electron chi connectivity index (χ4n) is 3.84. The molecule has 2 aliphatic carbocycles. The first kappa shape index (κ1) is 13.3. The summed E-state index contributed by atoms with van der Waals surface area (Å²) in [6.45, 7) is 2.94. The Morgan fingerprint density at radius 1 is 1.14 bits per heavy atom. The number of nitrogens with zero attached hydrogens (tertiary/aromatic N) is 1. The molecule has 0 radical (unpaired) electrons. The molecule has 1 saturated heterocycles. The summed E-state index contributed by atoms with van der Waals surface area (Å²) in [6, 6.07) is 10.3. The maximum atomic E-state index is 12.6. The fourth-order valence-corrected chi connectivity index (χ4v) is 3.84. The Balaban J connectivity index is 1.56. The van der Waals surface area contributed by atoms with E-state index in [-0.39, 0.29) is 18.1 Å². The van der Waals surface area contributed by atoms with Gasteiger partial charge >= 0.3 is 0 Å². The van der Waals surface area contributed by atoms with Gasteiger partial charge in [-0.15, -0.1) is 0 Å². The number of hydrogen-bond donors (Lipinski definition) is 1. The van der Waals surface area contributed by atoms with E-state index in [4.69, 9.17) is 0 Å². The lowest BCUT2D eigenvalue weighted by Gasteiger charge is -2.29. The third-order valence-corrected chi connectivity index (χ3v) is 5.35. The largest absolute Gasteiger partial charge is 0.321 e. The molecular weight excluding hydrogens is 260 g/mol. The second-order valence-corrected chi connectivity index (χ2v) is 7.03. The predicted octanol–water partition coefficient (Wildman–Crippen LogP) is 2.94. The molecule has 2 unspecified atom stereocenters. The van der Waals surface area contributed by atoms with E-state index in [1.807, 2.05) is 13.0 Å². The standard InChI is InChI=1S/C18H24N2O/c1-12-18(21)20(11-16(13-7-8-13)14-9-10-14)17(19-12)15-5-3-2-4-6-15/h2-6,12-14,16-17,19H,7-11H2,1H3. The molecule has 21 heavy (non-hydrogen) atoms. The Bertz CT molecular complexity index is 509. The van der Waals surface area contributed by atoms with Gasteiger partial charge in [0, 0.05) is 6.54 Å². The molecule has 4 rings (SSSR count). The van der Waals surface area contributed by atoms with Crippen molar-refractivity contribution in [2.45, 2.75) is 44.8 Å². The molecule has 1 N–H and O–H groups in total. The number of carbonyl (C=O) groups is 1. The first-order chi connectivity index (χ1) is 10.2. The minimum absolute atomic E-state index is 0.0609. The van der Waals surface area contributed by atoms with Crippen molar-refractivity contribution in [3.8, 4) is 0 Å². The van der Waals surface area contributed by atoms with Crippen LogP contribution in [0.1, 0.15) is 44.3 Å². The lowest BCUT2D eigenvalue weighted by atomic mass is 9.96. The molecule has 0 spiro atoms. The molecule has 2 saturated carbocycles. The van der Waals surface area contributed by atoms with Gasteiger partial charge in [-0.3, -0.25) is 10.1 Å². The average molecular weight is 284 g/mol. The van der Waals surface area contributed by atoms with Crippen molar-refractivity contribution in [1.29, 1.82) is 0 Å². The number of benzene rings is 1. The molecule has 1 aliphatic heterocycles. The zero-order chi connectivity index (χ0) is 14.4. The number of carbonyl (C=O) groups excluding carboxylic acids is 1. The maximum Gasteiger partial charge on any atom is 0.241 e. The van der Waals surface area contributed by atoms with Gasteiger partial charge in [-0.1, -0.05) is 30.3 Å². The molecule has 2 atom stereocenters. The van der Waals surface area contributed by atoms with Crippen LogP contribution < -0.4 is 5.32 Å². The van der Waals surface area contributed by atoms with Crippen LogP contribution in [0.25, 0.3) is 0 Å². The van der Waals surface area contributed by atoms with E-state index in [1.165, 1.54) is 31.2 Å². The molecule has 112 valence electrons. The van der Waals surface area contributed by atoms with Gasteiger partial charge in [-0.25, -0.2) is 0 Å². The van der Waals surface area contributed by atoms with Gasteiger partial charge in [0.2, 0.25) is 5.91 Å². The summed E-state index contributed by atoms with van der Waals surface area (Å²) in [7, 11) is 0. The summed E-state index contributed by atoms with van der Waals surface area (Å²) in [5.41, 5.74) is 1.21. The Labute approximate surface area is 126 Å². The van der Waals surface area contributed by atoms with Crippen LogP contribution in [0.5, 0.6) is 0 Å². The summed E-state index contributed by atoms with van der Waals surface area (Å²) in [4.78, 5) is 14.7. The Kier molecular flexibility index (Phi) is 3.26. The van der Waals surface area contributed by atoms with E-state index in [0.29, 0.717) is 0 Å². The maximum absolute atomic E-state index is 12.6. The van der Waals surface area contributed by atoms with Crippen molar-refractivity contribution in [2.24, 2.45) is 17.8 Å². The second kappa shape index (κ2) is 5.13. The van der Waals surface area contributed by atoms with E-state index in [9.17, 15) is 4.79 Å². The molecule has 3 heteroatoms. The smallest absolute Gasteiger partial charge is 0.241 e. The van der Waals surface area contributed by atoms with Crippen LogP contribution >= 0.6 is 0 Å². The summed E-state index contributed by atoms with van der Waals surface area (Å²) >= 11 is 0. The van der Waals surface area contributed by atoms with Gasteiger partial charge in [-0.05, 0) is 55.9 Å². The van der Waals surface area contributed by atoms with E-state index >= 15 is 0 Å². The lowest BCUT2D eigenvalue weighted by molar-refractivity contribution is -0.130. The molecule has 3 fully saturated rings. The minimum atomic E-state index is -0.0609. The summed E-state index contributed by atoms with van der Waals surface area (Å²) in [5, 5.41) is 3.47. The van der Waals surface area contributed by atoms with E-state index in [2.05, 4.69) is 34.5 Å². The quantitative estimate of drug-likeness (QED) is 0.901. The highest BCUT2D eigenvalue weighted by Crippen LogP contribution is 2.50. The first-order valence-corrected chi connectivity index (χ1v) is 8.35. The predicted molar refractivity (Wildman–Crippen MR) is 82.4 cm³/mol. The summed E-state index contributed by atoms with van der Waals surface area (Å²) in [5.74, 6) is 2.79. The molecule has 1 aromatic rings. The third-order valence-electron chi connectivity index (χ3n) is 5.35. The van der Waals surface area contributed by atoms with Crippen LogP contribution in [-0.2, 0) is 4.79 Å². The van der Waals surface area contributed by atoms with Crippen LogP contribution in [0.2, 0.25) is 0 Å². The highest BCUT2D eigenvalue weighted by atomic mass is 16.2. The molecule has 1 amide bonds. The minimum Gasteiger partial charge on any atom is -0.321 e. The number of nitrogens with one attached hydrogen (secondary N) is 1. The number of amides is 1. The Morgan fingerprint density at radius 3 is 2.33 bits per heavy atom. The Hall–Kier alpha value is -1.35. The van der Waals surface area contributed by atoms with Gasteiger partial charge in [0.1, 0.15) is 6.17 Å². The zero-order valence-corrected chi connectivity index (χ0v) is 12.7. The molecule has 1 heterocycles. The average Bonchev–Trinajstić information content (AvgIpc) is 3.39. The van der Waals surface area contributed by atoms with Crippen molar-refractivity contribution in [3.63, 3.8) is 0 Å². The molecule has 3 aliphatic rings. The van der Waals surface area contributed by atoms with E-state index in [1.54, 1.807) is 0 Å². The summed E-state index contributed by atoms with van der Waals surface area (Å²) < 4.78 is 0. The van der Waals surface area contributed by atoms with Gasteiger partial charge < -0.3 is 4.90 Å². The highest BCUT2D eigenvalue weighted by molar-refractivity contribution is 5.84. The van der Waals surface area contributed by atoms with Gasteiger partial charge in [0.25, 0.3) is 0 Å². The fraction of sp³-hybridized carbons (Fsp3) is 0.611. The molecular formula is C18H24N2O. The van der Waals surface area contributed by atoms with Crippen LogP contribution in [0.15, 0.2) is 30.3 Å². The summed E-state index contributed by atoms with van der Waals surface area (Å²) in [6.07, 6.45) is 5.57. The monoisotopic (exact) mass is 284 g/mol. The molecule has 0 bridgehead atoms. The van der Waals surface area contributed by atoms with Crippen LogP contribution in [0.4, 0.5) is 0 Å². The number of hydrogen-bond acceptors (Lipinski definition) is 2. The van der Waals surface area contributed by atoms with E-state index in [0.717, 1.165) is 24.3 Å². The van der Waals surface area contributed by atoms with Crippen molar-refractivity contribution in [2.75, 3.05) is 6.54 Å². The van der Waals surface area contributed by atoms with Crippen molar-refractivity contribution in [3.05, 3.63) is 35.9 Å². The van der Waals surface area contributed by atoms with Crippen LogP contribution in [0.3, 0.4) is 0 Å². The second-order valence-electron chi connectivity index (χ2n) is 7.03. The first-order valence-electron chi connectivity index (χ1n) is 8.35. The topological polar surface area (TPSA) is 32.3 Å². The normalized spacial score (nSPS) is 29.4. The Morgan fingerprint density at radius 2 is 1.76 bits per heavy atom. The molecule has 1 aromatic carbocycles. The SMILES string of the molecule is CC1NC(c2ccccc2)N(CC(C2CC2)C2CC2)C1=O. The number of rotatable bonds is 5. The lowest BCUT2D eigenvalue weighted by Crippen LogP contribution is -2.36. The van der Waals surface area contributed by atoms with Crippen molar-refractivity contribution >= 4 is 5.91 Å². The van der Waals surface area contributed by atoms with Crippen molar-refractivity contribution < 1.29 is 4.79 Å². The van der Waals surface area contributed by atoms with Gasteiger partial charge in [0.15, 0.2) is 0 Å². The highest BCUT2D eigenvalue weighted by Gasteiger charge is 2.45.